The summed E-state index contributed by atoms with van der Waals surface area (Å²) in [4.78, 5) is 2.31. The second kappa shape index (κ2) is 10.8. The van der Waals surface area contributed by atoms with E-state index in [0.717, 1.165) is 17.1 Å². The summed E-state index contributed by atoms with van der Waals surface area (Å²) in [5.41, 5.74) is 9.86. The highest BCUT2D eigenvalue weighted by Gasteiger charge is 2.12. The molecule has 166 valence electrons. The van der Waals surface area contributed by atoms with Crippen molar-refractivity contribution in [3.8, 4) is 0 Å². The van der Waals surface area contributed by atoms with E-state index in [0.29, 0.717) is 0 Å². The molecule has 0 fully saturated rings. The second-order valence-corrected chi connectivity index (χ2v) is 8.78. The molecule has 0 atom stereocenters. The topological polar surface area (TPSA) is 3.24 Å². The molecule has 33 heavy (non-hydrogen) atoms. The lowest BCUT2D eigenvalue weighted by atomic mass is 10.1. The zero-order valence-corrected chi connectivity index (χ0v) is 20.0. The molecule has 0 amide bonds. The molecule has 0 bridgehead atoms. The lowest BCUT2D eigenvalue weighted by Crippen LogP contribution is -2.09. The van der Waals surface area contributed by atoms with Crippen LogP contribution in [0, 0.1) is 13.8 Å². The Morgan fingerprint density at radius 2 is 0.939 bits per heavy atom. The van der Waals surface area contributed by atoms with Crippen LogP contribution < -0.4 is 4.90 Å². The zero-order valence-electron chi connectivity index (χ0n) is 20.0. The number of hydrogen-bond donors (Lipinski definition) is 0. The molecular formula is C32H33N. The van der Waals surface area contributed by atoms with Crippen molar-refractivity contribution < 1.29 is 0 Å². The van der Waals surface area contributed by atoms with Gasteiger partial charge in [-0.3, -0.25) is 0 Å². The van der Waals surface area contributed by atoms with Crippen LogP contribution in [0.2, 0.25) is 0 Å². The fourth-order valence-electron chi connectivity index (χ4n) is 3.94. The molecule has 0 spiro atoms. The molecule has 0 N–H and O–H groups in total. The number of aryl methyl sites for hydroxylation is 3. The minimum Gasteiger partial charge on any atom is -0.311 e. The molecule has 0 unspecified atom stereocenters. The van der Waals surface area contributed by atoms with Crippen molar-refractivity contribution in [2.75, 3.05) is 4.90 Å². The van der Waals surface area contributed by atoms with Gasteiger partial charge in [0.1, 0.15) is 0 Å². The zero-order chi connectivity index (χ0) is 23.0. The van der Waals surface area contributed by atoms with Crippen LogP contribution in [-0.4, -0.2) is 0 Å². The SMILES string of the molecule is CCCCc1ccc(C=Cc2ccc(N(c3ccc(C)cc3)c3ccc(C)cc3)cc2)cc1. The molecule has 0 aromatic heterocycles. The van der Waals surface area contributed by atoms with Crippen molar-refractivity contribution in [1.82, 2.24) is 0 Å². The van der Waals surface area contributed by atoms with Gasteiger partial charge in [0.05, 0.1) is 0 Å². The molecule has 1 heteroatoms. The van der Waals surface area contributed by atoms with Crippen molar-refractivity contribution in [3.63, 3.8) is 0 Å². The maximum atomic E-state index is 2.31. The number of anilines is 3. The predicted molar refractivity (Wildman–Crippen MR) is 145 cm³/mol. The third-order valence-electron chi connectivity index (χ3n) is 6.00. The molecule has 0 aliphatic carbocycles. The predicted octanol–water partition coefficient (Wildman–Crippen LogP) is 9.29. The summed E-state index contributed by atoms with van der Waals surface area (Å²) in [6.45, 7) is 6.49. The standard InChI is InChI=1S/C32H33N/c1-4-5-6-27-11-13-28(14-12-27)15-16-29-17-23-32(24-18-29)33(30-19-7-25(2)8-20-30)31-21-9-26(3)10-22-31/h7-24H,4-6H2,1-3H3. The van der Waals surface area contributed by atoms with E-state index >= 15 is 0 Å². The fourth-order valence-corrected chi connectivity index (χ4v) is 3.94. The Bertz CT molecular complexity index is 1120. The fraction of sp³-hybridized carbons (Fsp3) is 0.188. The maximum Gasteiger partial charge on any atom is 0.0462 e. The van der Waals surface area contributed by atoms with Crippen LogP contribution in [0.25, 0.3) is 12.2 Å². The van der Waals surface area contributed by atoms with Gasteiger partial charge in [-0.25, -0.2) is 0 Å². The summed E-state index contributed by atoms with van der Waals surface area (Å²) in [5, 5.41) is 0. The first-order valence-corrected chi connectivity index (χ1v) is 11.9. The van der Waals surface area contributed by atoms with Gasteiger partial charge in [-0.15, -0.1) is 0 Å². The normalized spacial score (nSPS) is 11.1. The molecule has 0 aliphatic rings. The number of benzene rings is 4. The molecule has 0 aliphatic heterocycles. The van der Waals surface area contributed by atoms with Crippen LogP contribution in [-0.2, 0) is 6.42 Å². The summed E-state index contributed by atoms with van der Waals surface area (Å²) >= 11 is 0. The summed E-state index contributed by atoms with van der Waals surface area (Å²) in [6.07, 6.45) is 8.04. The highest BCUT2D eigenvalue weighted by molar-refractivity contribution is 5.78. The average molecular weight is 432 g/mol. The second-order valence-electron chi connectivity index (χ2n) is 8.78. The molecular weight excluding hydrogens is 398 g/mol. The van der Waals surface area contributed by atoms with Gasteiger partial charge >= 0.3 is 0 Å². The van der Waals surface area contributed by atoms with E-state index in [1.807, 2.05) is 0 Å². The van der Waals surface area contributed by atoms with Gasteiger partial charge < -0.3 is 4.90 Å². The summed E-state index contributed by atoms with van der Waals surface area (Å²) in [5.74, 6) is 0. The monoisotopic (exact) mass is 431 g/mol. The van der Waals surface area contributed by atoms with E-state index < -0.39 is 0 Å². The van der Waals surface area contributed by atoms with Crippen molar-refractivity contribution >= 4 is 29.2 Å². The minimum absolute atomic E-state index is 1.15. The summed E-state index contributed by atoms with van der Waals surface area (Å²) in [7, 11) is 0. The Hall–Kier alpha value is -3.58. The number of unbranched alkanes of at least 4 members (excludes halogenated alkanes) is 1. The Morgan fingerprint density at radius 1 is 0.545 bits per heavy atom. The highest BCUT2D eigenvalue weighted by Crippen LogP contribution is 2.34. The summed E-state index contributed by atoms with van der Waals surface area (Å²) < 4.78 is 0. The van der Waals surface area contributed by atoms with Gasteiger partial charge in [-0.05, 0) is 79.8 Å². The quantitative estimate of drug-likeness (QED) is 0.251. The molecule has 0 saturated heterocycles. The Morgan fingerprint density at radius 3 is 1.36 bits per heavy atom. The van der Waals surface area contributed by atoms with Gasteiger partial charge in [0, 0.05) is 17.1 Å². The van der Waals surface area contributed by atoms with Gasteiger partial charge in [-0.1, -0.05) is 97.3 Å². The molecule has 0 heterocycles. The van der Waals surface area contributed by atoms with Gasteiger partial charge in [0.15, 0.2) is 0 Å². The van der Waals surface area contributed by atoms with E-state index in [-0.39, 0.29) is 0 Å². The molecule has 4 aromatic carbocycles. The van der Waals surface area contributed by atoms with Gasteiger partial charge in [-0.2, -0.15) is 0 Å². The first kappa shape index (κ1) is 22.6. The van der Waals surface area contributed by atoms with E-state index in [2.05, 4.69) is 135 Å². The minimum atomic E-state index is 1.15. The van der Waals surface area contributed by atoms with E-state index in [1.54, 1.807) is 0 Å². The van der Waals surface area contributed by atoms with Crippen molar-refractivity contribution in [2.24, 2.45) is 0 Å². The van der Waals surface area contributed by atoms with E-state index in [9.17, 15) is 0 Å². The Kier molecular flexibility index (Phi) is 7.42. The van der Waals surface area contributed by atoms with Crippen LogP contribution in [0.1, 0.15) is 47.6 Å². The molecule has 1 nitrogen and oxygen atoms in total. The van der Waals surface area contributed by atoms with Crippen LogP contribution >= 0.6 is 0 Å². The first-order valence-electron chi connectivity index (χ1n) is 11.9. The van der Waals surface area contributed by atoms with Crippen LogP contribution in [0.5, 0.6) is 0 Å². The highest BCUT2D eigenvalue weighted by atomic mass is 15.1. The average Bonchev–Trinajstić information content (AvgIpc) is 2.85. The van der Waals surface area contributed by atoms with E-state index in [1.165, 1.54) is 47.1 Å². The smallest absolute Gasteiger partial charge is 0.0462 e. The Labute approximate surface area is 199 Å². The van der Waals surface area contributed by atoms with E-state index in [4.69, 9.17) is 0 Å². The largest absolute Gasteiger partial charge is 0.311 e. The third-order valence-corrected chi connectivity index (χ3v) is 6.00. The van der Waals surface area contributed by atoms with Gasteiger partial charge in [0.25, 0.3) is 0 Å². The number of nitrogens with zero attached hydrogens (tertiary/aromatic N) is 1. The third kappa shape index (κ3) is 6.02. The molecule has 4 rings (SSSR count). The summed E-state index contributed by atoms with van der Waals surface area (Å²) in [6, 6.07) is 35.1. The van der Waals surface area contributed by atoms with Gasteiger partial charge in [0.2, 0.25) is 0 Å². The number of rotatable bonds is 8. The van der Waals surface area contributed by atoms with Crippen molar-refractivity contribution in [3.05, 3.63) is 125 Å². The van der Waals surface area contributed by atoms with Crippen molar-refractivity contribution in [2.45, 2.75) is 40.0 Å². The number of hydrogen-bond acceptors (Lipinski definition) is 1. The first-order chi connectivity index (χ1) is 16.1. The lowest BCUT2D eigenvalue weighted by Gasteiger charge is -2.25. The van der Waals surface area contributed by atoms with Crippen molar-refractivity contribution in [1.29, 1.82) is 0 Å². The Balaban J connectivity index is 1.55. The van der Waals surface area contributed by atoms with Crippen LogP contribution in [0.4, 0.5) is 17.1 Å². The molecule has 0 saturated carbocycles. The lowest BCUT2D eigenvalue weighted by molar-refractivity contribution is 0.795. The molecule has 0 radical (unpaired) electrons. The van der Waals surface area contributed by atoms with Crippen LogP contribution in [0.3, 0.4) is 0 Å². The maximum absolute atomic E-state index is 2.31. The van der Waals surface area contributed by atoms with Crippen LogP contribution in [0.15, 0.2) is 97.1 Å². The molecule has 4 aromatic rings.